The topological polar surface area (TPSA) is 79.6 Å². The van der Waals surface area contributed by atoms with Crippen LogP contribution in [0.15, 0.2) is 61.2 Å². The number of fused-ring (bicyclic) bond motifs is 1. The van der Waals surface area contributed by atoms with Crippen LogP contribution in [-0.4, -0.2) is 36.9 Å². The summed E-state index contributed by atoms with van der Waals surface area (Å²) in [6.07, 6.45) is 11.3. The first-order chi connectivity index (χ1) is 14.8. The van der Waals surface area contributed by atoms with Crippen LogP contribution in [0.4, 0.5) is 0 Å². The molecule has 0 radical (unpaired) electrons. The Hall–Kier alpha value is -2.99. The van der Waals surface area contributed by atoms with E-state index in [1.165, 1.54) is 32.0 Å². The maximum Gasteiger partial charge on any atom is 0.155 e. The average molecular weight is 408 g/mol. The lowest BCUT2D eigenvalue weighted by molar-refractivity contribution is 0.399. The maximum absolute atomic E-state index is 7.00. The minimum Gasteiger partial charge on any atom is -0.400 e. The summed E-state index contributed by atoms with van der Waals surface area (Å²) < 4.78 is 2.06. The molecule has 1 aromatic carbocycles. The molecular formula is C24H33N5O. The standard InChI is InChI=1S/C15H11N5.C6H12.C2H6.CH4O/c1-3-12(14-17-10-18-19-14)9-13(5-1)20-8-6-11-4-2-7-16-15(11)20;1-6-4-2-3-5-6;2*1-2/h1-10H,(H,17,18,19);6H,2-5H2,1H3;1-2H3;2H,1H3. The van der Waals surface area contributed by atoms with E-state index in [-0.39, 0.29) is 0 Å². The fourth-order valence-electron chi connectivity index (χ4n) is 3.45. The fraction of sp³-hybridized carbons (Fsp3) is 0.375. The lowest BCUT2D eigenvalue weighted by Crippen LogP contribution is -1.94. The molecule has 1 aliphatic rings. The van der Waals surface area contributed by atoms with E-state index < -0.39 is 0 Å². The summed E-state index contributed by atoms with van der Waals surface area (Å²) in [5, 5.41) is 14.9. The van der Waals surface area contributed by atoms with Crippen molar-refractivity contribution < 1.29 is 5.11 Å². The summed E-state index contributed by atoms with van der Waals surface area (Å²) >= 11 is 0. The number of pyridine rings is 1. The third kappa shape index (κ3) is 6.00. The van der Waals surface area contributed by atoms with Crippen LogP contribution < -0.4 is 0 Å². The molecule has 2 N–H and O–H groups in total. The van der Waals surface area contributed by atoms with Crippen molar-refractivity contribution in [3.8, 4) is 17.1 Å². The number of hydrogen-bond acceptors (Lipinski definition) is 4. The fourth-order valence-corrected chi connectivity index (χ4v) is 3.45. The van der Waals surface area contributed by atoms with Gasteiger partial charge in [-0.05, 0) is 36.2 Å². The highest BCUT2D eigenvalue weighted by atomic mass is 16.2. The lowest BCUT2D eigenvalue weighted by Gasteiger charge is -2.06. The van der Waals surface area contributed by atoms with Crippen molar-refractivity contribution in [3.05, 3.63) is 61.2 Å². The van der Waals surface area contributed by atoms with Gasteiger partial charge in [-0.15, -0.1) is 0 Å². The van der Waals surface area contributed by atoms with E-state index in [4.69, 9.17) is 5.11 Å². The van der Waals surface area contributed by atoms with Crippen LogP contribution in [0.25, 0.3) is 28.1 Å². The van der Waals surface area contributed by atoms with Gasteiger partial charge in [-0.3, -0.25) is 5.10 Å². The minimum absolute atomic E-state index is 0.760. The molecule has 1 fully saturated rings. The van der Waals surface area contributed by atoms with Crippen LogP contribution >= 0.6 is 0 Å². The number of hydrogen-bond donors (Lipinski definition) is 2. The molecule has 0 saturated heterocycles. The zero-order chi connectivity index (χ0) is 21.8. The predicted octanol–water partition coefficient (Wildman–Crippen LogP) is 5.64. The summed E-state index contributed by atoms with van der Waals surface area (Å²) in [7, 11) is 1.00. The second kappa shape index (κ2) is 12.5. The van der Waals surface area contributed by atoms with Crippen molar-refractivity contribution in [2.45, 2.75) is 46.5 Å². The van der Waals surface area contributed by atoms with Crippen LogP contribution in [0.3, 0.4) is 0 Å². The van der Waals surface area contributed by atoms with Crippen LogP contribution in [0, 0.1) is 5.92 Å². The van der Waals surface area contributed by atoms with Gasteiger partial charge in [0.2, 0.25) is 0 Å². The molecule has 3 heterocycles. The summed E-state index contributed by atoms with van der Waals surface area (Å²) in [5.41, 5.74) is 2.99. The van der Waals surface area contributed by atoms with E-state index in [0.29, 0.717) is 0 Å². The van der Waals surface area contributed by atoms with Gasteiger partial charge in [-0.1, -0.05) is 58.6 Å². The molecule has 1 saturated carbocycles. The van der Waals surface area contributed by atoms with E-state index in [9.17, 15) is 0 Å². The highest BCUT2D eigenvalue weighted by molar-refractivity contribution is 5.78. The molecule has 5 rings (SSSR count). The molecule has 0 aliphatic heterocycles. The number of H-pyrrole nitrogens is 1. The van der Waals surface area contributed by atoms with Crippen molar-refractivity contribution in [2.24, 2.45) is 5.92 Å². The summed E-state index contributed by atoms with van der Waals surface area (Å²) in [6, 6.07) is 14.2. The van der Waals surface area contributed by atoms with Crippen LogP contribution in [0.1, 0.15) is 46.5 Å². The molecule has 4 aromatic rings. The smallest absolute Gasteiger partial charge is 0.155 e. The normalized spacial score (nSPS) is 12.8. The molecule has 3 aromatic heterocycles. The first kappa shape index (κ1) is 23.3. The van der Waals surface area contributed by atoms with Gasteiger partial charge in [-0.25, -0.2) is 9.97 Å². The first-order valence-corrected chi connectivity index (χ1v) is 10.6. The van der Waals surface area contributed by atoms with E-state index in [1.54, 1.807) is 6.20 Å². The second-order valence-electron chi connectivity index (χ2n) is 6.88. The molecular weight excluding hydrogens is 374 g/mol. The molecule has 6 nitrogen and oxygen atoms in total. The van der Waals surface area contributed by atoms with Gasteiger partial charge in [0.05, 0.1) is 0 Å². The Kier molecular flexibility index (Phi) is 9.74. The number of aromatic nitrogens is 5. The van der Waals surface area contributed by atoms with Crippen LogP contribution in [0.5, 0.6) is 0 Å². The highest BCUT2D eigenvalue weighted by Crippen LogP contribution is 2.23. The summed E-state index contributed by atoms with van der Waals surface area (Å²) in [6.45, 7) is 6.34. The van der Waals surface area contributed by atoms with Gasteiger partial charge in [0.1, 0.15) is 12.0 Å². The number of nitrogens with zero attached hydrogens (tertiary/aromatic N) is 4. The summed E-state index contributed by atoms with van der Waals surface area (Å²) in [4.78, 5) is 8.62. The third-order valence-corrected chi connectivity index (χ3v) is 4.90. The van der Waals surface area contributed by atoms with Gasteiger partial charge in [0, 0.05) is 36.1 Å². The Labute approximate surface area is 179 Å². The van der Waals surface area contributed by atoms with E-state index in [2.05, 4.69) is 49.9 Å². The number of benzene rings is 1. The van der Waals surface area contributed by atoms with Crippen LogP contribution in [-0.2, 0) is 0 Å². The van der Waals surface area contributed by atoms with E-state index in [0.717, 1.165) is 41.1 Å². The molecule has 30 heavy (non-hydrogen) atoms. The molecule has 0 amide bonds. The number of aromatic amines is 1. The van der Waals surface area contributed by atoms with Gasteiger partial charge in [-0.2, -0.15) is 5.10 Å². The number of rotatable bonds is 2. The minimum atomic E-state index is 0.760. The van der Waals surface area contributed by atoms with Gasteiger partial charge >= 0.3 is 0 Å². The number of aliphatic hydroxyl groups excluding tert-OH is 1. The Morgan fingerprint density at radius 2 is 1.77 bits per heavy atom. The molecule has 0 spiro atoms. The maximum atomic E-state index is 7.00. The number of nitrogens with one attached hydrogen (secondary N) is 1. The number of aliphatic hydroxyl groups is 1. The third-order valence-electron chi connectivity index (χ3n) is 4.90. The Morgan fingerprint density at radius 1 is 1.00 bits per heavy atom. The molecule has 6 heteroatoms. The van der Waals surface area contributed by atoms with E-state index >= 15 is 0 Å². The van der Waals surface area contributed by atoms with Gasteiger partial charge in [0.15, 0.2) is 5.82 Å². The van der Waals surface area contributed by atoms with Crippen molar-refractivity contribution in [2.75, 3.05) is 7.11 Å². The monoisotopic (exact) mass is 407 g/mol. The molecule has 0 atom stereocenters. The second-order valence-corrected chi connectivity index (χ2v) is 6.88. The Morgan fingerprint density at radius 3 is 2.40 bits per heavy atom. The van der Waals surface area contributed by atoms with Gasteiger partial charge < -0.3 is 9.67 Å². The molecule has 0 unspecified atom stereocenters. The van der Waals surface area contributed by atoms with Crippen molar-refractivity contribution in [1.29, 1.82) is 0 Å². The quantitative estimate of drug-likeness (QED) is 0.450. The van der Waals surface area contributed by atoms with Crippen molar-refractivity contribution in [1.82, 2.24) is 24.7 Å². The predicted molar refractivity (Wildman–Crippen MR) is 124 cm³/mol. The SMILES string of the molecule is CC.CC1CCCC1.CO.c1cc(-c2ncn[nH]2)cc(-n2ccc3cccnc32)c1. The zero-order valence-electron chi connectivity index (χ0n) is 18.4. The highest BCUT2D eigenvalue weighted by Gasteiger charge is 2.07. The Balaban J connectivity index is 0.000000271. The Bertz CT molecular complexity index is 972. The lowest BCUT2D eigenvalue weighted by atomic mass is 10.2. The average Bonchev–Trinajstić information content (AvgIpc) is 3.59. The van der Waals surface area contributed by atoms with Gasteiger partial charge in [0.25, 0.3) is 0 Å². The zero-order valence-corrected chi connectivity index (χ0v) is 18.4. The van der Waals surface area contributed by atoms with Crippen LogP contribution in [0.2, 0.25) is 0 Å². The van der Waals surface area contributed by atoms with Crippen molar-refractivity contribution in [3.63, 3.8) is 0 Å². The van der Waals surface area contributed by atoms with Crippen molar-refractivity contribution >= 4 is 11.0 Å². The molecule has 160 valence electrons. The first-order valence-electron chi connectivity index (χ1n) is 10.6. The van der Waals surface area contributed by atoms with E-state index in [1.807, 2.05) is 44.3 Å². The summed E-state index contributed by atoms with van der Waals surface area (Å²) in [5.74, 6) is 1.81. The molecule has 0 bridgehead atoms. The molecule has 1 aliphatic carbocycles. The largest absolute Gasteiger partial charge is 0.400 e.